The van der Waals surface area contributed by atoms with Crippen LogP contribution in [0.25, 0.3) is 22.6 Å². The molecule has 0 spiro atoms. The second kappa shape index (κ2) is 8.13. The Morgan fingerprint density at radius 3 is 2.56 bits per heavy atom. The number of nitrogens with two attached hydrogens (primary N) is 1. The maximum atomic E-state index is 13.7. The molecule has 2 fully saturated rings. The van der Waals surface area contributed by atoms with Crippen LogP contribution in [0.3, 0.4) is 0 Å². The SMILES string of the molecule is Nc1ncc(-c2nc(N3CCOCC3)c3ncn(C4CCCCO4)c3n2)c(C(F)(F)F)n1. The molecule has 1 unspecified atom stereocenters. The summed E-state index contributed by atoms with van der Waals surface area (Å²) in [5.74, 6) is -0.187. The van der Waals surface area contributed by atoms with E-state index in [1.807, 2.05) is 4.90 Å². The van der Waals surface area contributed by atoms with Crippen LogP contribution in [0.4, 0.5) is 24.9 Å². The number of anilines is 2. The van der Waals surface area contributed by atoms with Gasteiger partial charge < -0.3 is 20.1 Å². The smallest absolute Gasteiger partial charge is 0.378 e. The molecule has 5 rings (SSSR count). The normalized spacial score (nSPS) is 20.1. The molecule has 0 aliphatic carbocycles. The number of hydrogen-bond donors (Lipinski definition) is 1. The molecule has 2 aliphatic heterocycles. The summed E-state index contributed by atoms with van der Waals surface area (Å²) in [6.07, 6.45) is 0.259. The molecule has 0 aromatic carbocycles. The van der Waals surface area contributed by atoms with Crippen molar-refractivity contribution < 1.29 is 22.6 Å². The lowest BCUT2D eigenvalue weighted by Crippen LogP contribution is -2.37. The lowest BCUT2D eigenvalue weighted by atomic mass is 10.2. The number of nitrogen functional groups attached to an aromatic ring is 1. The molecule has 10 nitrogen and oxygen atoms in total. The Morgan fingerprint density at radius 1 is 1.03 bits per heavy atom. The van der Waals surface area contributed by atoms with E-state index < -0.39 is 17.8 Å². The van der Waals surface area contributed by atoms with Gasteiger partial charge in [-0.3, -0.25) is 4.57 Å². The monoisotopic (exact) mass is 450 g/mol. The Bertz CT molecular complexity index is 1120. The number of alkyl halides is 3. The van der Waals surface area contributed by atoms with Gasteiger partial charge in [0.1, 0.15) is 6.23 Å². The van der Waals surface area contributed by atoms with E-state index in [0.29, 0.717) is 49.9 Å². The minimum Gasteiger partial charge on any atom is -0.378 e. The van der Waals surface area contributed by atoms with Crippen molar-refractivity contribution in [1.29, 1.82) is 0 Å². The van der Waals surface area contributed by atoms with Crippen molar-refractivity contribution in [1.82, 2.24) is 29.5 Å². The first-order valence-corrected chi connectivity index (χ1v) is 10.3. The van der Waals surface area contributed by atoms with Crippen molar-refractivity contribution in [2.24, 2.45) is 0 Å². The second-order valence-corrected chi connectivity index (χ2v) is 7.60. The number of hydrogen-bond acceptors (Lipinski definition) is 9. The summed E-state index contributed by atoms with van der Waals surface area (Å²) in [7, 11) is 0. The predicted octanol–water partition coefficient (Wildman–Crippen LogP) is 2.42. The number of fused-ring (bicyclic) bond motifs is 1. The molecule has 3 aromatic heterocycles. The van der Waals surface area contributed by atoms with Gasteiger partial charge in [-0.25, -0.2) is 24.9 Å². The third kappa shape index (κ3) is 3.81. The summed E-state index contributed by atoms with van der Waals surface area (Å²) in [4.78, 5) is 22.6. The number of halogens is 3. The summed E-state index contributed by atoms with van der Waals surface area (Å²) in [5.41, 5.74) is 4.79. The standard InChI is InChI=1S/C19H21F3N8O2/c20-19(21,22)14-11(9-24-18(23)26-14)15-27-16(29-4-7-31-8-5-29)13-17(28-15)30(10-25-13)12-3-1-2-6-32-12/h9-10,12H,1-8H2,(H2,23,24,26). The Labute approximate surface area is 180 Å². The van der Waals surface area contributed by atoms with Crippen molar-refractivity contribution in [2.75, 3.05) is 43.5 Å². The van der Waals surface area contributed by atoms with Crippen LogP contribution in [0.2, 0.25) is 0 Å². The third-order valence-corrected chi connectivity index (χ3v) is 5.50. The van der Waals surface area contributed by atoms with E-state index in [1.54, 1.807) is 10.9 Å². The molecular weight excluding hydrogens is 429 g/mol. The van der Waals surface area contributed by atoms with Gasteiger partial charge >= 0.3 is 6.18 Å². The van der Waals surface area contributed by atoms with Crippen molar-refractivity contribution in [3.8, 4) is 11.4 Å². The zero-order valence-corrected chi connectivity index (χ0v) is 17.0. The van der Waals surface area contributed by atoms with Gasteiger partial charge in [-0.15, -0.1) is 0 Å². The van der Waals surface area contributed by atoms with Gasteiger partial charge in [0.2, 0.25) is 5.95 Å². The molecule has 2 saturated heterocycles. The molecule has 0 saturated carbocycles. The van der Waals surface area contributed by atoms with E-state index in [1.165, 1.54) is 0 Å². The van der Waals surface area contributed by atoms with Gasteiger partial charge in [0.25, 0.3) is 0 Å². The van der Waals surface area contributed by atoms with E-state index in [-0.39, 0.29) is 17.6 Å². The Hall–Kier alpha value is -3.06. The maximum Gasteiger partial charge on any atom is 0.434 e. The molecule has 0 bridgehead atoms. The quantitative estimate of drug-likeness (QED) is 0.642. The van der Waals surface area contributed by atoms with E-state index in [9.17, 15) is 13.2 Å². The fraction of sp³-hybridized carbons (Fsp3) is 0.526. The first kappa shape index (κ1) is 20.8. The van der Waals surface area contributed by atoms with Crippen LogP contribution in [-0.2, 0) is 15.7 Å². The largest absolute Gasteiger partial charge is 0.434 e. The van der Waals surface area contributed by atoms with E-state index in [0.717, 1.165) is 25.5 Å². The fourth-order valence-electron chi connectivity index (χ4n) is 3.95. The Morgan fingerprint density at radius 2 is 1.84 bits per heavy atom. The van der Waals surface area contributed by atoms with Gasteiger partial charge in [0.05, 0.1) is 25.1 Å². The topological polar surface area (TPSA) is 117 Å². The highest BCUT2D eigenvalue weighted by Gasteiger charge is 2.38. The highest BCUT2D eigenvalue weighted by Crippen LogP contribution is 2.37. The first-order chi connectivity index (χ1) is 15.4. The molecule has 0 radical (unpaired) electrons. The average Bonchev–Trinajstić information content (AvgIpc) is 3.23. The lowest BCUT2D eigenvalue weighted by molar-refractivity contribution is -0.140. The number of imidazole rings is 1. The zero-order chi connectivity index (χ0) is 22.3. The molecule has 3 aromatic rings. The van der Waals surface area contributed by atoms with Crippen LogP contribution in [0.1, 0.15) is 31.2 Å². The summed E-state index contributed by atoms with van der Waals surface area (Å²) >= 11 is 0. The number of rotatable bonds is 3. The van der Waals surface area contributed by atoms with Gasteiger partial charge in [0, 0.05) is 25.9 Å². The molecule has 0 amide bonds. The van der Waals surface area contributed by atoms with Gasteiger partial charge in [-0.1, -0.05) is 0 Å². The molecule has 2 aliphatic rings. The van der Waals surface area contributed by atoms with Gasteiger partial charge in [0.15, 0.2) is 28.5 Å². The van der Waals surface area contributed by atoms with Crippen LogP contribution in [0.5, 0.6) is 0 Å². The highest BCUT2D eigenvalue weighted by atomic mass is 19.4. The summed E-state index contributed by atoms with van der Waals surface area (Å²) in [5, 5.41) is 0. The minimum absolute atomic E-state index is 0.149. The number of nitrogens with zero attached hydrogens (tertiary/aromatic N) is 7. The molecule has 1 atom stereocenters. The second-order valence-electron chi connectivity index (χ2n) is 7.60. The van der Waals surface area contributed by atoms with Crippen molar-refractivity contribution in [3.05, 3.63) is 18.2 Å². The lowest BCUT2D eigenvalue weighted by Gasteiger charge is -2.28. The van der Waals surface area contributed by atoms with Crippen LogP contribution in [0, 0.1) is 0 Å². The molecule has 13 heteroatoms. The zero-order valence-electron chi connectivity index (χ0n) is 17.0. The Balaban J connectivity index is 1.71. The van der Waals surface area contributed by atoms with Crippen LogP contribution >= 0.6 is 0 Å². The van der Waals surface area contributed by atoms with Crippen LogP contribution < -0.4 is 10.6 Å². The van der Waals surface area contributed by atoms with E-state index in [4.69, 9.17) is 15.2 Å². The first-order valence-electron chi connectivity index (χ1n) is 10.3. The predicted molar refractivity (Wildman–Crippen MR) is 108 cm³/mol. The maximum absolute atomic E-state index is 13.7. The van der Waals surface area contributed by atoms with Crippen molar-refractivity contribution in [2.45, 2.75) is 31.7 Å². The number of aromatic nitrogens is 6. The van der Waals surface area contributed by atoms with E-state index >= 15 is 0 Å². The molecule has 32 heavy (non-hydrogen) atoms. The number of ether oxygens (including phenoxy) is 2. The Kier molecular flexibility index (Phi) is 5.29. The number of morpholine rings is 1. The molecule has 5 heterocycles. The van der Waals surface area contributed by atoms with Gasteiger partial charge in [-0.05, 0) is 19.3 Å². The minimum atomic E-state index is -4.75. The summed E-state index contributed by atoms with van der Waals surface area (Å²) < 4.78 is 54.2. The highest BCUT2D eigenvalue weighted by molar-refractivity contribution is 5.86. The third-order valence-electron chi connectivity index (χ3n) is 5.50. The van der Waals surface area contributed by atoms with E-state index in [2.05, 4.69) is 24.9 Å². The van der Waals surface area contributed by atoms with Crippen LogP contribution in [-0.4, -0.2) is 62.4 Å². The summed E-state index contributed by atoms with van der Waals surface area (Å²) in [6, 6.07) is 0. The average molecular weight is 450 g/mol. The molecule has 2 N–H and O–H groups in total. The van der Waals surface area contributed by atoms with Gasteiger partial charge in [-0.2, -0.15) is 13.2 Å². The van der Waals surface area contributed by atoms with Crippen LogP contribution in [0.15, 0.2) is 12.5 Å². The summed E-state index contributed by atoms with van der Waals surface area (Å²) in [6.45, 7) is 2.62. The van der Waals surface area contributed by atoms with Crippen molar-refractivity contribution in [3.63, 3.8) is 0 Å². The van der Waals surface area contributed by atoms with Crippen molar-refractivity contribution >= 4 is 22.9 Å². The fourth-order valence-corrected chi connectivity index (χ4v) is 3.95. The molecular formula is C19H21F3N8O2. The molecule has 170 valence electrons.